The number of halogens is 1. The summed E-state index contributed by atoms with van der Waals surface area (Å²) in [5.41, 5.74) is 4.49. The zero-order chi connectivity index (χ0) is 23.5. The van der Waals surface area contributed by atoms with E-state index in [0.717, 1.165) is 52.6 Å². The van der Waals surface area contributed by atoms with Gasteiger partial charge in [0.05, 0.1) is 43.4 Å². The van der Waals surface area contributed by atoms with Crippen molar-refractivity contribution in [1.82, 2.24) is 19.5 Å². The molecule has 174 valence electrons. The van der Waals surface area contributed by atoms with Crippen LogP contribution in [0.15, 0.2) is 66.0 Å². The molecule has 1 aliphatic heterocycles. The SMILES string of the molecule is COc1ccc(COCC2CCc3nc(-c4ccc(F)cc4)c(-c4ccnc(SC)n4)n32)cc1. The van der Waals surface area contributed by atoms with Crippen molar-refractivity contribution < 1.29 is 13.9 Å². The average molecular weight is 477 g/mol. The summed E-state index contributed by atoms with van der Waals surface area (Å²) in [6.45, 7) is 1.08. The van der Waals surface area contributed by atoms with Gasteiger partial charge < -0.3 is 14.0 Å². The lowest BCUT2D eigenvalue weighted by molar-refractivity contribution is 0.0924. The molecule has 8 heteroatoms. The van der Waals surface area contributed by atoms with E-state index in [2.05, 4.69) is 9.55 Å². The Labute approximate surface area is 202 Å². The van der Waals surface area contributed by atoms with E-state index >= 15 is 0 Å². The summed E-state index contributed by atoms with van der Waals surface area (Å²) in [6, 6.07) is 16.4. The lowest BCUT2D eigenvalue weighted by Crippen LogP contribution is -2.13. The molecule has 0 fully saturated rings. The third-order valence-electron chi connectivity index (χ3n) is 5.96. The molecule has 0 aliphatic carbocycles. The van der Waals surface area contributed by atoms with Gasteiger partial charge in [-0.3, -0.25) is 0 Å². The minimum absolute atomic E-state index is 0.137. The van der Waals surface area contributed by atoms with E-state index in [1.54, 1.807) is 25.4 Å². The number of thioether (sulfide) groups is 1. The molecule has 4 aromatic rings. The summed E-state index contributed by atoms with van der Waals surface area (Å²) in [6.07, 6.45) is 5.52. The molecule has 2 aromatic carbocycles. The normalized spacial score (nSPS) is 14.9. The highest BCUT2D eigenvalue weighted by molar-refractivity contribution is 7.98. The van der Waals surface area contributed by atoms with Crippen LogP contribution in [-0.2, 0) is 17.8 Å². The van der Waals surface area contributed by atoms with E-state index in [9.17, 15) is 4.39 Å². The average Bonchev–Trinajstić information content (AvgIpc) is 3.45. The van der Waals surface area contributed by atoms with Crippen LogP contribution in [0.2, 0.25) is 0 Å². The van der Waals surface area contributed by atoms with Gasteiger partial charge in [-0.25, -0.2) is 19.3 Å². The predicted molar refractivity (Wildman–Crippen MR) is 130 cm³/mol. The van der Waals surface area contributed by atoms with Crippen molar-refractivity contribution >= 4 is 11.8 Å². The van der Waals surface area contributed by atoms with Crippen molar-refractivity contribution in [2.24, 2.45) is 0 Å². The third-order valence-corrected chi connectivity index (χ3v) is 6.53. The predicted octanol–water partition coefficient (Wildman–Crippen LogP) is 5.58. The number of aryl methyl sites for hydroxylation is 1. The van der Waals surface area contributed by atoms with Crippen molar-refractivity contribution in [1.29, 1.82) is 0 Å². The summed E-state index contributed by atoms with van der Waals surface area (Å²) in [7, 11) is 1.66. The lowest BCUT2D eigenvalue weighted by Gasteiger charge is -2.18. The fourth-order valence-electron chi connectivity index (χ4n) is 4.29. The van der Waals surface area contributed by atoms with Crippen LogP contribution in [0.4, 0.5) is 4.39 Å². The number of methoxy groups -OCH3 is 1. The van der Waals surface area contributed by atoms with Gasteiger partial charge in [-0.15, -0.1) is 0 Å². The molecule has 5 rings (SSSR count). The molecule has 6 nitrogen and oxygen atoms in total. The third kappa shape index (κ3) is 4.56. The Balaban J connectivity index is 1.46. The molecule has 1 atom stereocenters. The topological polar surface area (TPSA) is 62.1 Å². The number of benzene rings is 2. The number of ether oxygens (including phenoxy) is 2. The maximum atomic E-state index is 13.6. The van der Waals surface area contributed by atoms with Gasteiger partial charge in [0.15, 0.2) is 5.16 Å². The van der Waals surface area contributed by atoms with E-state index in [4.69, 9.17) is 19.4 Å². The van der Waals surface area contributed by atoms with E-state index in [-0.39, 0.29) is 11.9 Å². The molecule has 34 heavy (non-hydrogen) atoms. The first-order valence-corrected chi connectivity index (χ1v) is 12.3. The fourth-order valence-corrected chi connectivity index (χ4v) is 4.65. The van der Waals surface area contributed by atoms with Crippen molar-refractivity contribution in [3.8, 4) is 28.4 Å². The molecule has 2 aromatic heterocycles. The van der Waals surface area contributed by atoms with Gasteiger partial charge >= 0.3 is 0 Å². The summed E-state index contributed by atoms with van der Waals surface area (Å²) in [5, 5.41) is 0.698. The Morgan fingerprint density at radius 1 is 1.06 bits per heavy atom. The van der Waals surface area contributed by atoms with Crippen molar-refractivity contribution in [2.45, 2.75) is 30.6 Å². The Bertz CT molecular complexity index is 1280. The molecule has 0 saturated carbocycles. The second-order valence-corrected chi connectivity index (χ2v) is 8.86. The van der Waals surface area contributed by atoms with Gasteiger partial charge in [-0.2, -0.15) is 0 Å². The summed E-state index contributed by atoms with van der Waals surface area (Å²) in [5.74, 6) is 1.56. The van der Waals surface area contributed by atoms with Gasteiger partial charge in [0.1, 0.15) is 17.4 Å². The summed E-state index contributed by atoms with van der Waals surface area (Å²) < 4.78 is 27.2. The number of rotatable bonds is 8. The first-order valence-electron chi connectivity index (χ1n) is 11.1. The quantitative estimate of drug-likeness (QED) is 0.244. The Hall–Kier alpha value is -3.23. The molecule has 3 heterocycles. The molecule has 0 amide bonds. The summed E-state index contributed by atoms with van der Waals surface area (Å²) in [4.78, 5) is 14.0. The second kappa shape index (κ2) is 9.95. The second-order valence-electron chi connectivity index (χ2n) is 8.09. The highest BCUT2D eigenvalue weighted by atomic mass is 32.2. The molecular formula is C26H25FN4O2S. The van der Waals surface area contributed by atoms with Crippen LogP contribution in [0.3, 0.4) is 0 Å². The number of hydrogen-bond donors (Lipinski definition) is 0. The van der Waals surface area contributed by atoms with Crippen molar-refractivity contribution in [3.63, 3.8) is 0 Å². The Kier molecular flexibility index (Phi) is 6.60. The highest BCUT2D eigenvalue weighted by Gasteiger charge is 2.31. The smallest absolute Gasteiger partial charge is 0.187 e. The zero-order valence-electron chi connectivity index (χ0n) is 19.1. The Morgan fingerprint density at radius 2 is 1.85 bits per heavy atom. The molecule has 0 radical (unpaired) electrons. The maximum absolute atomic E-state index is 13.6. The number of imidazole rings is 1. The minimum Gasteiger partial charge on any atom is -0.497 e. The first kappa shape index (κ1) is 22.6. The van der Waals surface area contributed by atoms with E-state index in [1.807, 2.05) is 36.6 Å². The van der Waals surface area contributed by atoms with Gasteiger partial charge in [-0.05, 0) is 60.7 Å². The molecule has 0 spiro atoms. The molecule has 0 bridgehead atoms. The molecule has 1 unspecified atom stereocenters. The van der Waals surface area contributed by atoms with Crippen LogP contribution in [0.5, 0.6) is 5.75 Å². The van der Waals surface area contributed by atoms with Crippen LogP contribution in [0.1, 0.15) is 23.9 Å². The largest absolute Gasteiger partial charge is 0.497 e. The molecule has 1 aliphatic rings. The van der Waals surface area contributed by atoms with Gasteiger partial charge in [0.25, 0.3) is 0 Å². The molecule has 0 saturated heterocycles. The van der Waals surface area contributed by atoms with E-state index in [0.29, 0.717) is 18.4 Å². The monoisotopic (exact) mass is 476 g/mol. The first-order chi connectivity index (χ1) is 16.7. The zero-order valence-corrected chi connectivity index (χ0v) is 19.9. The van der Waals surface area contributed by atoms with Crippen LogP contribution in [-0.4, -0.2) is 39.5 Å². The molecular weight excluding hydrogens is 451 g/mol. The van der Waals surface area contributed by atoms with Crippen LogP contribution < -0.4 is 4.74 Å². The maximum Gasteiger partial charge on any atom is 0.187 e. The summed E-state index contributed by atoms with van der Waals surface area (Å²) >= 11 is 1.50. The van der Waals surface area contributed by atoms with Crippen molar-refractivity contribution in [2.75, 3.05) is 20.0 Å². The van der Waals surface area contributed by atoms with Gasteiger partial charge in [0.2, 0.25) is 0 Å². The fraction of sp³-hybridized carbons (Fsp3) is 0.269. The van der Waals surface area contributed by atoms with Crippen LogP contribution in [0, 0.1) is 5.82 Å². The van der Waals surface area contributed by atoms with E-state index in [1.165, 1.54) is 23.9 Å². The number of hydrogen-bond acceptors (Lipinski definition) is 6. The molecule has 0 N–H and O–H groups in total. The highest BCUT2D eigenvalue weighted by Crippen LogP contribution is 2.39. The minimum atomic E-state index is -0.270. The van der Waals surface area contributed by atoms with Gasteiger partial charge in [0, 0.05) is 18.2 Å². The van der Waals surface area contributed by atoms with E-state index < -0.39 is 0 Å². The van der Waals surface area contributed by atoms with Crippen LogP contribution >= 0.6 is 11.8 Å². The number of nitrogens with zero attached hydrogens (tertiary/aromatic N) is 4. The van der Waals surface area contributed by atoms with Crippen LogP contribution in [0.25, 0.3) is 22.6 Å². The standard InChI is InChI=1S/C26H25FN4O2S/c1-32-21-10-3-17(4-11-21)15-33-16-20-9-12-23-30-24(18-5-7-19(27)8-6-18)25(31(20)23)22-13-14-28-26(29-22)34-2/h3-8,10-11,13-14,20H,9,12,15-16H2,1-2H3. The van der Waals surface area contributed by atoms with Gasteiger partial charge in [-0.1, -0.05) is 23.9 Å². The lowest BCUT2D eigenvalue weighted by atomic mass is 10.1. The number of fused-ring (bicyclic) bond motifs is 1. The number of aromatic nitrogens is 4. The van der Waals surface area contributed by atoms with Crippen molar-refractivity contribution in [3.05, 3.63) is 78.0 Å². The Morgan fingerprint density at radius 3 is 2.59 bits per heavy atom.